The maximum absolute atomic E-state index is 5.61. The number of ether oxygens (including phenoxy) is 1. The Morgan fingerprint density at radius 2 is 2.20 bits per heavy atom. The molecule has 2 aromatic rings. The van der Waals surface area contributed by atoms with Gasteiger partial charge in [-0.1, -0.05) is 25.1 Å². The van der Waals surface area contributed by atoms with Crippen molar-refractivity contribution in [3.8, 4) is 0 Å². The predicted octanol–water partition coefficient (Wildman–Crippen LogP) is 2.05. The molecule has 1 N–H and O–H groups in total. The number of morpholine rings is 1. The van der Waals surface area contributed by atoms with Crippen molar-refractivity contribution >= 4 is 16.7 Å². The summed E-state index contributed by atoms with van der Waals surface area (Å²) >= 11 is 0. The van der Waals surface area contributed by atoms with Gasteiger partial charge in [0, 0.05) is 18.5 Å². The van der Waals surface area contributed by atoms with Crippen molar-refractivity contribution in [3.63, 3.8) is 0 Å². The number of anilines is 1. The van der Waals surface area contributed by atoms with Gasteiger partial charge in [0.25, 0.3) is 0 Å². The maximum Gasteiger partial charge on any atom is 0.129 e. The molecule has 1 saturated heterocycles. The normalized spacial score (nSPS) is 19.4. The summed E-state index contributed by atoms with van der Waals surface area (Å²) < 4.78 is 5.61. The molecule has 2 heterocycles. The third-order valence-corrected chi connectivity index (χ3v) is 3.74. The van der Waals surface area contributed by atoms with Crippen LogP contribution < -0.4 is 10.2 Å². The molecule has 4 heteroatoms. The zero-order valence-corrected chi connectivity index (χ0v) is 11.9. The molecule has 0 spiro atoms. The molecule has 1 unspecified atom stereocenters. The number of nitrogens with zero attached hydrogens (tertiary/aromatic N) is 2. The van der Waals surface area contributed by atoms with Gasteiger partial charge in [0.15, 0.2) is 0 Å². The number of aromatic nitrogens is 1. The van der Waals surface area contributed by atoms with Gasteiger partial charge in [-0.05, 0) is 24.7 Å². The van der Waals surface area contributed by atoms with Crippen LogP contribution in [0.5, 0.6) is 0 Å². The molecule has 0 saturated carbocycles. The largest absolute Gasteiger partial charge is 0.377 e. The molecular weight excluding hydrogens is 250 g/mol. The van der Waals surface area contributed by atoms with Crippen LogP contribution in [-0.4, -0.2) is 43.9 Å². The topological polar surface area (TPSA) is 37.4 Å². The monoisotopic (exact) mass is 271 g/mol. The molecule has 1 aliphatic heterocycles. The first-order chi connectivity index (χ1) is 9.88. The molecule has 1 aliphatic rings. The van der Waals surface area contributed by atoms with Crippen molar-refractivity contribution in [1.29, 1.82) is 0 Å². The van der Waals surface area contributed by atoms with Crippen LogP contribution in [0.2, 0.25) is 0 Å². The maximum atomic E-state index is 5.61. The first-order valence-electron chi connectivity index (χ1n) is 7.29. The fourth-order valence-electron chi connectivity index (χ4n) is 2.65. The van der Waals surface area contributed by atoms with Crippen LogP contribution in [0.25, 0.3) is 10.9 Å². The lowest BCUT2D eigenvalue weighted by molar-refractivity contribution is 0.0935. The zero-order valence-electron chi connectivity index (χ0n) is 11.9. The Morgan fingerprint density at radius 3 is 3.10 bits per heavy atom. The van der Waals surface area contributed by atoms with E-state index in [2.05, 4.69) is 41.4 Å². The third-order valence-electron chi connectivity index (χ3n) is 3.74. The minimum absolute atomic E-state index is 0.359. The number of para-hydroxylation sites is 1. The minimum Gasteiger partial charge on any atom is -0.377 e. The number of hydrogen-bond donors (Lipinski definition) is 1. The second kappa shape index (κ2) is 6.20. The summed E-state index contributed by atoms with van der Waals surface area (Å²) in [5.41, 5.74) is 1.05. The molecule has 1 atom stereocenters. The van der Waals surface area contributed by atoms with Gasteiger partial charge >= 0.3 is 0 Å². The summed E-state index contributed by atoms with van der Waals surface area (Å²) in [6.07, 6.45) is 0. The standard InChI is InChI=1S/C16H21N3O/c1-2-17-11-14-12-20-10-9-19(14)16-8-7-13-5-3-4-6-15(13)18-16/h3-8,14,17H,2,9-12H2,1H3. The van der Waals surface area contributed by atoms with E-state index in [0.29, 0.717) is 6.04 Å². The van der Waals surface area contributed by atoms with Crippen molar-refractivity contribution in [2.45, 2.75) is 13.0 Å². The second-order valence-corrected chi connectivity index (χ2v) is 5.09. The minimum atomic E-state index is 0.359. The van der Waals surface area contributed by atoms with Crippen molar-refractivity contribution in [2.24, 2.45) is 0 Å². The Bertz CT molecular complexity index is 572. The summed E-state index contributed by atoms with van der Waals surface area (Å²) in [7, 11) is 0. The molecule has 3 rings (SSSR count). The van der Waals surface area contributed by atoms with Gasteiger partial charge in [-0.2, -0.15) is 0 Å². The van der Waals surface area contributed by atoms with E-state index in [1.54, 1.807) is 0 Å². The molecule has 4 nitrogen and oxygen atoms in total. The van der Waals surface area contributed by atoms with Gasteiger partial charge in [0.05, 0.1) is 24.8 Å². The van der Waals surface area contributed by atoms with Gasteiger partial charge < -0.3 is 15.0 Å². The smallest absolute Gasteiger partial charge is 0.129 e. The Morgan fingerprint density at radius 1 is 1.30 bits per heavy atom. The van der Waals surface area contributed by atoms with Gasteiger partial charge in [-0.3, -0.25) is 0 Å². The van der Waals surface area contributed by atoms with E-state index in [-0.39, 0.29) is 0 Å². The highest BCUT2D eigenvalue weighted by molar-refractivity contribution is 5.80. The molecule has 20 heavy (non-hydrogen) atoms. The predicted molar refractivity (Wildman–Crippen MR) is 82.2 cm³/mol. The molecule has 1 fully saturated rings. The van der Waals surface area contributed by atoms with Crippen molar-refractivity contribution in [1.82, 2.24) is 10.3 Å². The van der Waals surface area contributed by atoms with Gasteiger partial charge in [-0.25, -0.2) is 4.98 Å². The summed E-state index contributed by atoms with van der Waals surface area (Å²) in [5.74, 6) is 1.05. The van der Waals surface area contributed by atoms with Crippen molar-refractivity contribution in [3.05, 3.63) is 36.4 Å². The summed E-state index contributed by atoms with van der Waals surface area (Å²) in [5, 5.41) is 4.59. The average Bonchev–Trinajstić information content (AvgIpc) is 2.53. The molecule has 0 amide bonds. The molecular formula is C16H21N3O. The third kappa shape index (κ3) is 2.76. The van der Waals surface area contributed by atoms with E-state index in [0.717, 1.165) is 44.2 Å². The number of hydrogen-bond acceptors (Lipinski definition) is 4. The van der Waals surface area contributed by atoms with Crippen LogP contribution in [0, 0.1) is 0 Å². The fourth-order valence-corrected chi connectivity index (χ4v) is 2.65. The number of pyridine rings is 1. The zero-order chi connectivity index (χ0) is 13.8. The lowest BCUT2D eigenvalue weighted by atomic mass is 10.2. The van der Waals surface area contributed by atoms with E-state index in [4.69, 9.17) is 9.72 Å². The van der Waals surface area contributed by atoms with Gasteiger partial charge in [0.1, 0.15) is 5.82 Å². The van der Waals surface area contributed by atoms with Crippen LogP contribution in [0.1, 0.15) is 6.92 Å². The Labute approximate surface area is 119 Å². The van der Waals surface area contributed by atoms with E-state index >= 15 is 0 Å². The van der Waals surface area contributed by atoms with Crippen LogP contribution in [0.4, 0.5) is 5.82 Å². The van der Waals surface area contributed by atoms with E-state index in [1.807, 2.05) is 12.1 Å². The van der Waals surface area contributed by atoms with Gasteiger partial charge in [-0.15, -0.1) is 0 Å². The van der Waals surface area contributed by atoms with Crippen molar-refractivity contribution < 1.29 is 4.74 Å². The molecule has 106 valence electrons. The summed E-state index contributed by atoms with van der Waals surface area (Å²) in [6.45, 7) is 6.49. The number of rotatable bonds is 4. The van der Waals surface area contributed by atoms with Crippen molar-refractivity contribution in [2.75, 3.05) is 37.7 Å². The number of likely N-dealkylation sites (N-methyl/N-ethyl adjacent to an activating group) is 1. The summed E-state index contributed by atoms with van der Waals surface area (Å²) in [4.78, 5) is 7.16. The molecule has 0 radical (unpaired) electrons. The SMILES string of the molecule is CCNCC1COCCN1c1ccc2ccccc2n1. The Hall–Kier alpha value is -1.65. The highest BCUT2D eigenvalue weighted by Crippen LogP contribution is 2.21. The molecule has 1 aromatic heterocycles. The van der Waals surface area contributed by atoms with Crippen LogP contribution in [0.3, 0.4) is 0 Å². The first kappa shape index (κ1) is 13.3. The number of nitrogens with one attached hydrogen (secondary N) is 1. The van der Waals surface area contributed by atoms with Crippen LogP contribution in [0.15, 0.2) is 36.4 Å². The Balaban J connectivity index is 1.86. The van der Waals surface area contributed by atoms with E-state index < -0.39 is 0 Å². The lowest BCUT2D eigenvalue weighted by Gasteiger charge is -2.36. The quantitative estimate of drug-likeness (QED) is 0.923. The molecule has 0 bridgehead atoms. The van der Waals surface area contributed by atoms with Crippen LogP contribution in [-0.2, 0) is 4.74 Å². The molecule has 0 aliphatic carbocycles. The fraction of sp³-hybridized carbons (Fsp3) is 0.438. The molecule has 1 aromatic carbocycles. The summed E-state index contributed by atoms with van der Waals surface area (Å²) in [6, 6.07) is 12.9. The average molecular weight is 271 g/mol. The Kier molecular flexibility index (Phi) is 4.14. The van der Waals surface area contributed by atoms with Gasteiger partial charge in [0.2, 0.25) is 0 Å². The van der Waals surface area contributed by atoms with E-state index in [1.165, 1.54) is 5.39 Å². The second-order valence-electron chi connectivity index (χ2n) is 5.09. The highest BCUT2D eigenvalue weighted by Gasteiger charge is 2.23. The first-order valence-corrected chi connectivity index (χ1v) is 7.29. The number of benzene rings is 1. The number of fused-ring (bicyclic) bond motifs is 1. The van der Waals surface area contributed by atoms with E-state index in [9.17, 15) is 0 Å². The highest BCUT2D eigenvalue weighted by atomic mass is 16.5. The lowest BCUT2D eigenvalue weighted by Crippen LogP contribution is -2.50. The van der Waals surface area contributed by atoms with Crippen LogP contribution >= 0.6 is 0 Å².